The van der Waals surface area contributed by atoms with E-state index in [1.807, 2.05) is 37.3 Å². The average molecular weight is 334 g/mol. The molecule has 5 heteroatoms. The molecule has 0 fully saturated rings. The lowest BCUT2D eigenvalue weighted by atomic mass is 10.1. The Bertz CT molecular complexity index is 611. The van der Waals surface area contributed by atoms with Gasteiger partial charge in [-0.05, 0) is 48.4 Å². The van der Waals surface area contributed by atoms with Gasteiger partial charge in [-0.25, -0.2) is 0 Å². The number of hydrogen-bond donors (Lipinski definition) is 3. The Labute approximate surface area is 126 Å². The van der Waals surface area contributed by atoms with Crippen molar-refractivity contribution in [3.05, 3.63) is 63.6 Å². The van der Waals surface area contributed by atoms with Gasteiger partial charge in [-0.2, -0.15) is 0 Å². The number of hydrogen-bond acceptors (Lipinski definition) is 3. The number of nitrogen functional groups attached to an aromatic ring is 1. The van der Waals surface area contributed by atoms with E-state index in [4.69, 9.17) is 5.84 Å². The number of halogens is 1. The second-order valence-corrected chi connectivity index (χ2v) is 5.40. The van der Waals surface area contributed by atoms with Crippen molar-refractivity contribution in [2.24, 2.45) is 5.84 Å². The molecule has 0 unspecified atom stereocenters. The predicted octanol–water partition coefficient (Wildman–Crippen LogP) is 2.97. The molecule has 4 nitrogen and oxygen atoms in total. The van der Waals surface area contributed by atoms with E-state index in [1.165, 1.54) is 0 Å². The van der Waals surface area contributed by atoms with Crippen LogP contribution in [-0.2, 0) is 6.54 Å². The first-order valence-electron chi connectivity index (χ1n) is 6.20. The van der Waals surface area contributed by atoms with Gasteiger partial charge in [-0.15, -0.1) is 0 Å². The number of aryl methyl sites for hydroxylation is 1. The third-order valence-corrected chi connectivity index (χ3v) is 3.54. The Kier molecular flexibility index (Phi) is 4.76. The first-order valence-corrected chi connectivity index (χ1v) is 6.99. The van der Waals surface area contributed by atoms with Gasteiger partial charge in [0, 0.05) is 16.6 Å². The summed E-state index contributed by atoms with van der Waals surface area (Å²) in [5.74, 6) is 5.27. The summed E-state index contributed by atoms with van der Waals surface area (Å²) in [6.07, 6.45) is 0. The van der Waals surface area contributed by atoms with Crippen molar-refractivity contribution in [3.63, 3.8) is 0 Å². The zero-order valence-electron chi connectivity index (χ0n) is 11.1. The fraction of sp³-hybridized carbons (Fsp3) is 0.133. The molecule has 2 aromatic carbocycles. The van der Waals surface area contributed by atoms with Crippen LogP contribution >= 0.6 is 15.9 Å². The lowest BCUT2D eigenvalue weighted by Crippen LogP contribution is -2.23. The lowest BCUT2D eigenvalue weighted by molar-refractivity contribution is 0.0951. The average Bonchev–Trinajstić information content (AvgIpc) is 2.46. The monoisotopic (exact) mass is 333 g/mol. The van der Waals surface area contributed by atoms with Crippen LogP contribution in [0.4, 0.5) is 5.69 Å². The molecule has 0 heterocycles. The van der Waals surface area contributed by atoms with E-state index >= 15 is 0 Å². The summed E-state index contributed by atoms with van der Waals surface area (Å²) in [7, 11) is 0. The van der Waals surface area contributed by atoms with Crippen LogP contribution in [0.1, 0.15) is 21.5 Å². The number of nitrogens with one attached hydrogen (secondary N) is 2. The molecule has 0 aliphatic carbocycles. The van der Waals surface area contributed by atoms with E-state index in [0.29, 0.717) is 12.1 Å². The van der Waals surface area contributed by atoms with Gasteiger partial charge < -0.3 is 10.7 Å². The van der Waals surface area contributed by atoms with Crippen LogP contribution in [0, 0.1) is 6.92 Å². The minimum atomic E-state index is -0.0976. The number of hydrazine groups is 1. The Morgan fingerprint density at radius 1 is 1.20 bits per heavy atom. The van der Waals surface area contributed by atoms with E-state index in [-0.39, 0.29) is 5.91 Å². The smallest absolute Gasteiger partial charge is 0.251 e. The SMILES string of the molecule is Cc1cc(C(=O)NCc2ccc(Br)cc2)ccc1NN. The Morgan fingerprint density at radius 3 is 2.50 bits per heavy atom. The van der Waals surface area contributed by atoms with E-state index in [0.717, 1.165) is 21.3 Å². The quantitative estimate of drug-likeness (QED) is 0.595. The topological polar surface area (TPSA) is 67.2 Å². The van der Waals surface area contributed by atoms with Crippen LogP contribution in [0.5, 0.6) is 0 Å². The Hall–Kier alpha value is -1.85. The van der Waals surface area contributed by atoms with Gasteiger partial charge in [0.25, 0.3) is 5.91 Å². The highest BCUT2D eigenvalue weighted by Crippen LogP contribution is 2.15. The minimum Gasteiger partial charge on any atom is -0.348 e. The van der Waals surface area contributed by atoms with E-state index in [1.54, 1.807) is 12.1 Å². The summed E-state index contributed by atoms with van der Waals surface area (Å²) in [6, 6.07) is 13.2. The number of rotatable bonds is 4. The number of amides is 1. The summed E-state index contributed by atoms with van der Waals surface area (Å²) in [4.78, 5) is 12.1. The van der Waals surface area contributed by atoms with Gasteiger partial charge in [0.05, 0.1) is 5.69 Å². The molecule has 0 aliphatic heterocycles. The van der Waals surface area contributed by atoms with Gasteiger partial charge in [0.2, 0.25) is 0 Å². The lowest BCUT2D eigenvalue weighted by Gasteiger charge is -2.09. The zero-order chi connectivity index (χ0) is 14.5. The molecule has 0 radical (unpaired) electrons. The summed E-state index contributed by atoms with van der Waals surface area (Å²) in [5.41, 5.74) is 6.01. The summed E-state index contributed by atoms with van der Waals surface area (Å²) >= 11 is 3.38. The molecule has 0 atom stereocenters. The largest absolute Gasteiger partial charge is 0.348 e. The molecule has 0 aliphatic rings. The van der Waals surface area contributed by atoms with Crippen molar-refractivity contribution in [3.8, 4) is 0 Å². The van der Waals surface area contributed by atoms with Gasteiger partial charge >= 0.3 is 0 Å². The highest BCUT2D eigenvalue weighted by Gasteiger charge is 2.07. The van der Waals surface area contributed by atoms with Crippen LogP contribution in [0.25, 0.3) is 0 Å². The molecule has 0 saturated carbocycles. The fourth-order valence-electron chi connectivity index (χ4n) is 1.85. The normalized spacial score (nSPS) is 10.2. The Morgan fingerprint density at radius 2 is 1.90 bits per heavy atom. The maximum absolute atomic E-state index is 12.1. The van der Waals surface area contributed by atoms with Crippen molar-refractivity contribution < 1.29 is 4.79 Å². The third-order valence-electron chi connectivity index (χ3n) is 3.01. The molecule has 1 amide bonds. The van der Waals surface area contributed by atoms with E-state index < -0.39 is 0 Å². The zero-order valence-corrected chi connectivity index (χ0v) is 12.7. The number of nitrogens with two attached hydrogens (primary N) is 1. The number of anilines is 1. The first kappa shape index (κ1) is 14.6. The summed E-state index contributed by atoms with van der Waals surface area (Å²) < 4.78 is 1.02. The molecule has 0 saturated heterocycles. The molecule has 20 heavy (non-hydrogen) atoms. The molecular formula is C15H16BrN3O. The number of benzene rings is 2. The standard InChI is InChI=1S/C15H16BrN3O/c1-10-8-12(4-7-14(10)19-17)15(20)18-9-11-2-5-13(16)6-3-11/h2-8,19H,9,17H2,1H3,(H,18,20). The van der Waals surface area contributed by atoms with E-state index in [2.05, 4.69) is 26.7 Å². The molecule has 0 spiro atoms. The molecule has 0 bridgehead atoms. The molecular weight excluding hydrogens is 318 g/mol. The van der Waals surface area contributed by atoms with Crippen LogP contribution in [0.3, 0.4) is 0 Å². The van der Waals surface area contributed by atoms with Gasteiger partial charge in [0.15, 0.2) is 0 Å². The minimum absolute atomic E-state index is 0.0976. The molecule has 2 aromatic rings. The molecule has 2 rings (SSSR count). The van der Waals surface area contributed by atoms with Gasteiger partial charge in [-0.3, -0.25) is 10.6 Å². The summed E-state index contributed by atoms with van der Waals surface area (Å²) in [5, 5.41) is 2.89. The molecule has 104 valence electrons. The van der Waals surface area contributed by atoms with E-state index in [9.17, 15) is 4.79 Å². The van der Waals surface area contributed by atoms with Gasteiger partial charge in [0.1, 0.15) is 0 Å². The van der Waals surface area contributed by atoms with Crippen molar-refractivity contribution in [2.75, 3.05) is 5.43 Å². The van der Waals surface area contributed by atoms with Crippen molar-refractivity contribution in [1.29, 1.82) is 0 Å². The summed E-state index contributed by atoms with van der Waals surface area (Å²) in [6.45, 7) is 2.41. The maximum Gasteiger partial charge on any atom is 0.251 e. The highest BCUT2D eigenvalue weighted by molar-refractivity contribution is 9.10. The molecule has 0 aromatic heterocycles. The second-order valence-electron chi connectivity index (χ2n) is 4.48. The Balaban J connectivity index is 2.01. The first-order chi connectivity index (χ1) is 9.60. The third kappa shape index (κ3) is 3.59. The molecule has 4 N–H and O–H groups in total. The van der Waals surface area contributed by atoms with Crippen molar-refractivity contribution in [2.45, 2.75) is 13.5 Å². The predicted molar refractivity (Wildman–Crippen MR) is 84.3 cm³/mol. The second kappa shape index (κ2) is 6.54. The number of carbonyl (C=O) groups is 1. The highest BCUT2D eigenvalue weighted by atomic mass is 79.9. The van der Waals surface area contributed by atoms with Crippen LogP contribution in [0.2, 0.25) is 0 Å². The van der Waals surface area contributed by atoms with Crippen LogP contribution < -0.4 is 16.6 Å². The van der Waals surface area contributed by atoms with Crippen molar-refractivity contribution >= 4 is 27.5 Å². The van der Waals surface area contributed by atoms with Crippen LogP contribution in [-0.4, -0.2) is 5.91 Å². The number of carbonyl (C=O) groups excluding carboxylic acids is 1. The fourth-order valence-corrected chi connectivity index (χ4v) is 2.12. The van der Waals surface area contributed by atoms with Crippen LogP contribution in [0.15, 0.2) is 46.9 Å². The van der Waals surface area contributed by atoms with Gasteiger partial charge in [-0.1, -0.05) is 28.1 Å². The van der Waals surface area contributed by atoms with Crippen molar-refractivity contribution in [1.82, 2.24) is 5.32 Å². The maximum atomic E-state index is 12.1.